The van der Waals surface area contributed by atoms with Gasteiger partial charge in [-0.05, 0) is 36.8 Å². The molecule has 0 fully saturated rings. The van der Waals surface area contributed by atoms with Crippen LogP contribution in [0.3, 0.4) is 0 Å². The normalized spacial score (nSPS) is 10.8. The number of hydrazone groups is 1. The first-order valence-electron chi connectivity index (χ1n) is 7.69. The molecule has 0 heterocycles. The van der Waals surface area contributed by atoms with E-state index < -0.39 is 5.91 Å². The summed E-state index contributed by atoms with van der Waals surface area (Å²) in [6.07, 6.45) is 1.36. The highest BCUT2D eigenvalue weighted by atomic mass is 35.5. The highest BCUT2D eigenvalue weighted by Gasteiger charge is 2.09. The molecular formula is C18H16Cl3N3O2. The molecule has 2 aromatic rings. The van der Waals surface area contributed by atoms with Gasteiger partial charge in [-0.15, -0.1) is 0 Å². The average Bonchev–Trinajstić information content (AvgIpc) is 2.60. The minimum absolute atomic E-state index is 0.0140. The van der Waals surface area contributed by atoms with E-state index in [9.17, 15) is 9.59 Å². The highest BCUT2D eigenvalue weighted by Crippen LogP contribution is 2.23. The molecule has 8 heteroatoms. The van der Waals surface area contributed by atoms with E-state index in [0.717, 1.165) is 5.56 Å². The summed E-state index contributed by atoms with van der Waals surface area (Å²) in [5.74, 6) is -0.689. The minimum atomic E-state index is -0.401. The number of anilines is 1. The highest BCUT2D eigenvalue weighted by molar-refractivity contribution is 6.38. The van der Waals surface area contributed by atoms with Gasteiger partial charge in [0, 0.05) is 29.1 Å². The van der Waals surface area contributed by atoms with Gasteiger partial charge in [0.1, 0.15) is 0 Å². The second-order valence-electron chi connectivity index (χ2n) is 5.39. The number of hydrogen-bond donors (Lipinski definition) is 2. The van der Waals surface area contributed by atoms with Gasteiger partial charge in [-0.2, -0.15) is 5.10 Å². The Morgan fingerprint density at radius 1 is 0.962 bits per heavy atom. The quantitative estimate of drug-likeness (QED) is 0.527. The summed E-state index contributed by atoms with van der Waals surface area (Å²) in [5, 5.41) is 7.94. The Hall–Kier alpha value is -2.08. The molecule has 0 saturated heterocycles. The molecule has 0 saturated carbocycles. The van der Waals surface area contributed by atoms with Crippen molar-refractivity contribution in [2.45, 2.75) is 19.8 Å². The van der Waals surface area contributed by atoms with E-state index in [1.54, 1.807) is 43.3 Å². The van der Waals surface area contributed by atoms with Crippen LogP contribution in [0.15, 0.2) is 41.5 Å². The van der Waals surface area contributed by atoms with Crippen LogP contribution in [0, 0.1) is 6.92 Å². The molecule has 0 aliphatic heterocycles. The Morgan fingerprint density at radius 2 is 1.54 bits per heavy atom. The van der Waals surface area contributed by atoms with E-state index >= 15 is 0 Å². The van der Waals surface area contributed by atoms with Crippen LogP contribution in [0.2, 0.25) is 15.1 Å². The molecule has 2 amide bonds. The van der Waals surface area contributed by atoms with Crippen LogP contribution in [0.1, 0.15) is 24.0 Å². The Kier molecular flexibility index (Phi) is 7.45. The van der Waals surface area contributed by atoms with Gasteiger partial charge in [0.25, 0.3) is 0 Å². The van der Waals surface area contributed by atoms with Gasteiger partial charge in [-0.3, -0.25) is 9.59 Å². The second-order valence-corrected chi connectivity index (χ2v) is 6.61. The molecule has 2 aromatic carbocycles. The number of benzene rings is 2. The summed E-state index contributed by atoms with van der Waals surface area (Å²) in [6, 6.07) is 10.3. The lowest BCUT2D eigenvalue weighted by atomic mass is 10.2. The van der Waals surface area contributed by atoms with E-state index in [-0.39, 0.29) is 18.7 Å². The number of nitrogens with zero attached hydrogens (tertiary/aromatic N) is 1. The minimum Gasteiger partial charge on any atom is -0.326 e. The van der Waals surface area contributed by atoms with Gasteiger partial charge < -0.3 is 5.32 Å². The molecule has 0 aliphatic carbocycles. The lowest BCUT2D eigenvalue weighted by molar-refractivity contribution is -0.124. The van der Waals surface area contributed by atoms with E-state index in [1.807, 2.05) is 0 Å². The number of halogens is 3. The zero-order valence-electron chi connectivity index (χ0n) is 13.9. The van der Waals surface area contributed by atoms with Gasteiger partial charge in [0.05, 0.1) is 16.3 Å². The third-order valence-corrected chi connectivity index (χ3v) is 4.57. The number of amides is 2. The summed E-state index contributed by atoms with van der Waals surface area (Å²) < 4.78 is 0. The standard InChI is InChI=1S/C18H16Cl3N3O2/c1-11-13(19)4-3-7-16(11)23-17(25)8-9-18(26)24-22-10-12-14(20)5-2-6-15(12)21/h2-7,10H,8-9H2,1H3,(H,23,25)(H,24,26)/b22-10+. The Labute approximate surface area is 166 Å². The Bertz CT molecular complexity index is 833. The number of rotatable bonds is 6. The molecule has 2 N–H and O–H groups in total. The van der Waals surface area contributed by atoms with Gasteiger partial charge in [-0.1, -0.05) is 46.9 Å². The molecule has 0 bridgehead atoms. The van der Waals surface area contributed by atoms with Gasteiger partial charge in [-0.25, -0.2) is 5.43 Å². The Morgan fingerprint density at radius 3 is 2.23 bits per heavy atom. The van der Waals surface area contributed by atoms with Crippen molar-refractivity contribution in [3.8, 4) is 0 Å². The fourth-order valence-corrected chi connectivity index (χ4v) is 2.71. The summed E-state index contributed by atoms with van der Waals surface area (Å²) in [6.45, 7) is 1.80. The SMILES string of the molecule is Cc1c(Cl)cccc1NC(=O)CCC(=O)N/N=C/c1c(Cl)cccc1Cl. The van der Waals surface area contributed by atoms with Crippen molar-refractivity contribution >= 4 is 58.5 Å². The molecule has 0 aliphatic rings. The molecule has 0 radical (unpaired) electrons. The lowest BCUT2D eigenvalue weighted by Gasteiger charge is -2.09. The molecule has 2 rings (SSSR count). The maximum absolute atomic E-state index is 12.0. The number of nitrogens with one attached hydrogen (secondary N) is 2. The van der Waals surface area contributed by atoms with Gasteiger partial charge in [0.2, 0.25) is 11.8 Å². The zero-order valence-corrected chi connectivity index (χ0v) is 16.1. The maximum atomic E-state index is 12.0. The molecule has 0 spiro atoms. The first-order chi connectivity index (χ1) is 12.4. The van der Waals surface area contributed by atoms with Crippen molar-refractivity contribution in [2.75, 3.05) is 5.32 Å². The summed E-state index contributed by atoms with van der Waals surface area (Å²) in [4.78, 5) is 23.7. The van der Waals surface area contributed by atoms with Crippen LogP contribution in [0.4, 0.5) is 5.69 Å². The molecule has 136 valence electrons. The van der Waals surface area contributed by atoms with Gasteiger partial charge >= 0.3 is 0 Å². The molecule has 0 atom stereocenters. The first kappa shape index (κ1) is 20.2. The fourth-order valence-electron chi connectivity index (χ4n) is 2.04. The van der Waals surface area contributed by atoms with Crippen molar-refractivity contribution in [3.05, 3.63) is 62.6 Å². The van der Waals surface area contributed by atoms with Crippen LogP contribution in [-0.4, -0.2) is 18.0 Å². The largest absolute Gasteiger partial charge is 0.326 e. The van der Waals surface area contributed by atoms with Crippen molar-refractivity contribution in [1.29, 1.82) is 0 Å². The lowest BCUT2D eigenvalue weighted by Crippen LogP contribution is -2.21. The summed E-state index contributed by atoms with van der Waals surface area (Å²) in [5.41, 5.74) is 4.23. The van der Waals surface area contributed by atoms with E-state index in [2.05, 4.69) is 15.8 Å². The van der Waals surface area contributed by atoms with Crippen LogP contribution in [0.5, 0.6) is 0 Å². The second kappa shape index (κ2) is 9.57. The third-order valence-electron chi connectivity index (χ3n) is 3.50. The van der Waals surface area contributed by atoms with E-state index in [4.69, 9.17) is 34.8 Å². The molecule has 0 aromatic heterocycles. The fraction of sp³-hybridized carbons (Fsp3) is 0.167. The monoisotopic (exact) mass is 411 g/mol. The van der Waals surface area contributed by atoms with Crippen LogP contribution in [0.25, 0.3) is 0 Å². The summed E-state index contributed by atoms with van der Waals surface area (Å²) in [7, 11) is 0. The van der Waals surface area contributed by atoms with Crippen molar-refractivity contribution in [1.82, 2.24) is 5.43 Å². The topological polar surface area (TPSA) is 70.6 Å². The summed E-state index contributed by atoms with van der Waals surface area (Å²) >= 11 is 18.0. The smallest absolute Gasteiger partial charge is 0.240 e. The predicted octanol–water partition coefficient (Wildman–Crippen LogP) is 4.82. The van der Waals surface area contributed by atoms with Crippen molar-refractivity contribution in [3.63, 3.8) is 0 Å². The average molecular weight is 413 g/mol. The molecule has 0 unspecified atom stereocenters. The molecule has 26 heavy (non-hydrogen) atoms. The number of carbonyl (C=O) groups is 2. The maximum Gasteiger partial charge on any atom is 0.240 e. The van der Waals surface area contributed by atoms with Crippen LogP contribution in [-0.2, 0) is 9.59 Å². The van der Waals surface area contributed by atoms with Gasteiger partial charge in [0.15, 0.2) is 0 Å². The number of hydrogen-bond acceptors (Lipinski definition) is 3. The third kappa shape index (κ3) is 5.73. The van der Waals surface area contributed by atoms with E-state index in [0.29, 0.717) is 26.3 Å². The van der Waals surface area contributed by atoms with Crippen molar-refractivity contribution in [2.24, 2.45) is 5.10 Å². The first-order valence-corrected chi connectivity index (χ1v) is 8.82. The zero-order chi connectivity index (χ0) is 19.1. The van der Waals surface area contributed by atoms with E-state index in [1.165, 1.54) is 6.21 Å². The van der Waals surface area contributed by atoms with Crippen LogP contribution < -0.4 is 10.7 Å². The predicted molar refractivity (Wildman–Crippen MR) is 106 cm³/mol. The Balaban J connectivity index is 1.82. The molecule has 5 nitrogen and oxygen atoms in total. The number of carbonyl (C=O) groups excluding carboxylic acids is 2. The van der Waals surface area contributed by atoms with Crippen molar-refractivity contribution < 1.29 is 9.59 Å². The molecular weight excluding hydrogens is 397 g/mol. The van der Waals surface area contributed by atoms with Crippen LogP contribution >= 0.6 is 34.8 Å².